The Morgan fingerprint density at radius 3 is 2.58 bits per heavy atom. The summed E-state index contributed by atoms with van der Waals surface area (Å²) in [7, 11) is 1.68. The lowest BCUT2D eigenvalue weighted by Crippen LogP contribution is -2.44. The van der Waals surface area contributed by atoms with Crippen molar-refractivity contribution in [2.45, 2.75) is 0 Å². The van der Waals surface area contributed by atoms with Crippen LogP contribution in [-0.2, 0) is 0 Å². The number of ether oxygens (including phenoxy) is 1. The van der Waals surface area contributed by atoms with Gasteiger partial charge in [-0.3, -0.25) is 5.01 Å². The monoisotopic (exact) mass is 322 g/mol. The number of hydrogen-bond acceptors (Lipinski definition) is 5. The minimum Gasteiger partial charge on any atom is -0.496 e. The van der Waals surface area contributed by atoms with Gasteiger partial charge in [0.05, 0.1) is 20.2 Å². The highest BCUT2D eigenvalue weighted by molar-refractivity contribution is 5.79. The first-order valence-electron chi connectivity index (χ1n) is 8.11. The molecule has 0 atom stereocenters. The van der Waals surface area contributed by atoms with E-state index < -0.39 is 0 Å². The number of hydrogen-bond donors (Lipinski definition) is 0. The van der Waals surface area contributed by atoms with Crippen molar-refractivity contribution in [1.82, 2.24) is 9.99 Å². The van der Waals surface area contributed by atoms with Gasteiger partial charge in [0, 0.05) is 31.1 Å². The van der Waals surface area contributed by atoms with Gasteiger partial charge in [-0.05, 0) is 30.4 Å². The van der Waals surface area contributed by atoms with Crippen molar-refractivity contribution >= 4 is 18.1 Å². The van der Waals surface area contributed by atoms with E-state index >= 15 is 0 Å². The van der Waals surface area contributed by atoms with Gasteiger partial charge in [-0.2, -0.15) is 5.10 Å². The number of aromatic nitrogens is 1. The Hall–Kier alpha value is -2.82. The minimum absolute atomic E-state index is 0.867. The second-order valence-electron chi connectivity index (χ2n) is 5.49. The number of benzene rings is 1. The summed E-state index contributed by atoms with van der Waals surface area (Å²) in [4.78, 5) is 6.69. The standard InChI is InChI=1S/C19H22N4O/c1-24-18-9-3-2-7-17(18)8-6-12-21-23-15-13-22(14-16-23)19-10-4-5-11-20-19/h2-12H,13-16H2,1H3/b8-6+,21-12?. The summed E-state index contributed by atoms with van der Waals surface area (Å²) in [5, 5.41) is 6.60. The zero-order chi connectivity index (χ0) is 16.6. The van der Waals surface area contributed by atoms with Crippen molar-refractivity contribution in [3.8, 4) is 5.75 Å². The molecule has 0 spiro atoms. The lowest BCUT2D eigenvalue weighted by Gasteiger charge is -2.33. The van der Waals surface area contributed by atoms with Crippen molar-refractivity contribution in [2.24, 2.45) is 5.10 Å². The lowest BCUT2D eigenvalue weighted by molar-refractivity contribution is 0.271. The molecule has 0 N–H and O–H groups in total. The van der Waals surface area contributed by atoms with Crippen LogP contribution in [0.4, 0.5) is 5.82 Å². The van der Waals surface area contributed by atoms with Crippen LogP contribution in [-0.4, -0.2) is 49.5 Å². The van der Waals surface area contributed by atoms with E-state index in [1.54, 1.807) is 7.11 Å². The van der Waals surface area contributed by atoms with Crippen molar-refractivity contribution in [1.29, 1.82) is 0 Å². The van der Waals surface area contributed by atoms with Gasteiger partial charge in [-0.25, -0.2) is 4.98 Å². The van der Waals surface area contributed by atoms with E-state index in [9.17, 15) is 0 Å². The maximum atomic E-state index is 5.33. The van der Waals surface area contributed by atoms with E-state index in [1.165, 1.54) is 0 Å². The number of anilines is 1. The van der Waals surface area contributed by atoms with E-state index in [0.717, 1.165) is 43.3 Å². The van der Waals surface area contributed by atoms with Crippen molar-refractivity contribution in [2.75, 3.05) is 38.2 Å². The molecule has 0 aliphatic carbocycles. The van der Waals surface area contributed by atoms with Crippen molar-refractivity contribution in [3.63, 3.8) is 0 Å². The fraction of sp³-hybridized carbons (Fsp3) is 0.263. The molecule has 0 bridgehead atoms. The average Bonchev–Trinajstić information content (AvgIpc) is 2.67. The number of rotatable bonds is 5. The normalized spacial score (nSPS) is 15.4. The molecule has 24 heavy (non-hydrogen) atoms. The highest BCUT2D eigenvalue weighted by Crippen LogP contribution is 2.18. The van der Waals surface area contributed by atoms with Crippen LogP contribution in [0.5, 0.6) is 5.75 Å². The maximum Gasteiger partial charge on any atom is 0.128 e. The lowest BCUT2D eigenvalue weighted by atomic mass is 10.2. The van der Waals surface area contributed by atoms with Crippen LogP contribution in [0.25, 0.3) is 6.08 Å². The summed E-state index contributed by atoms with van der Waals surface area (Å²) in [5.41, 5.74) is 1.05. The fourth-order valence-electron chi connectivity index (χ4n) is 2.66. The third kappa shape index (κ3) is 4.13. The smallest absolute Gasteiger partial charge is 0.128 e. The molecule has 5 nitrogen and oxygen atoms in total. The largest absolute Gasteiger partial charge is 0.496 e. The Balaban J connectivity index is 1.51. The van der Waals surface area contributed by atoms with Gasteiger partial charge in [-0.1, -0.05) is 24.3 Å². The average molecular weight is 322 g/mol. The highest BCUT2D eigenvalue weighted by Gasteiger charge is 2.15. The summed E-state index contributed by atoms with van der Waals surface area (Å²) in [6.07, 6.45) is 7.63. The van der Waals surface area contributed by atoms with Gasteiger partial charge in [0.25, 0.3) is 0 Å². The summed E-state index contributed by atoms with van der Waals surface area (Å²) < 4.78 is 5.33. The molecule has 3 rings (SSSR count). The molecule has 2 aromatic rings. The molecule has 0 radical (unpaired) electrons. The third-order valence-corrected chi connectivity index (χ3v) is 3.96. The summed E-state index contributed by atoms with van der Waals surface area (Å²) in [6, 6.07) is 14.0. The van der Waals surface area contributed by atoms with E-state index in [4.69, 9.17) is 4.74 Å². The third-order valence-electron chi connectivity index (χ3n) is 3.96. The van der Waals surface area contributed by atoms with Crippen molar-refractivity contribution < 1.29 is 4.74 Å². The first kappa shape index (κ1) is 16.1. The second-order valence-corrected chi connectivity index (χ2v) is 5.49. The van der Waals surface area contributed by atoms with Gasteiger partial charge < -0.3 is 9.64 Å². The van der Waals surface area contributed by atoms with Crippen LogP contribution in [0, 0.1) is 0 Å². The molecule has 5 heteroatoms. The Morgan fingerprint density at radius 2 is 1.83 bits per heavy atom. The van der Waals surface area contributed by atoms with Gasteiger partial charge in [0.1, 0.15) is 11.6 Å². The van der Waals surface area contributed by atoms with E-state index in [2.05, 4.69) is 26.1 Å². The first-order valence-corrected chi connectivity index (χ1v) is 8.11. The Labute approximate surface area is 142 Å². The number of methoxy groups -OCH3 is 1. The number of pyridine rings is 1. The zero-order valence-electron chi connectivity index (χ0n) is 13.9. The summed E-state index contributed by atoms with van der Waals surface area (Å²) in [6.45, 7) is 3.67. The van der Waals surface area contributed by atoms with Gasteiger partial charge in [-0.15, -0.1) is 0 Å². The number of nitrogens with zero attached hydrogens (tertiary/aromatic N) is 4. The van der Waals surface area contributed by atoms with Crippen LogP contribution in [0.3, 0.4) is 0 Å². The van der Waals surface area contributed by atoms with E-state index in [1.807, 2.05) is 61.0 Å². The predicted molar refractivity (Wildman–Crippen MR) is 98.5 cm³/mol. The summed E-state index contributed by atoms with van der Waals surface area (Å²) >= 11 is 0. The Bertz CT molecular complexity index is 692. The van der Waals surface area contributed by atoms with Crippen LogP contribution in [0.15, 0.2) is 59.8 Å². The SMILES string of the molecule is COc1ccccc1/C=C/C=NN1CCN(c2ccccn2)CC1. The predicted octanol–water partition coefficient (Wildman–Crippen LogP) is 2.91. The van der Waals surface area contributed by atoms with Crippen LogP contribution in [0.2, 0.25) is 0 Å². The molecular weight excluding hydrogens is 300 g/mol. The number of hydrazone groups is 1. The number of para-hydroxylation sites is 1. The van der Waals surface area contributed by atoms with Crippen LogP contribution in [0.1, 0.15) is 5.56 Å². The number of piperazine rings is 1. The second kappa shape index (κ2) is 8.15. The fourth-order valence-corrected chi connectivity index (χ4v) is 2.66. The molecule has 1 aliphatic heterocycles. The molecule has 1 aromatic carbocycles. The van der Waals surface area contributed by atoms with Crippen LogP contribution < -0.4 is 9.64 Å². The first-order chi connectivity index (χ1) is 11.9. The molecule has 1 saturated heterocycles. The maximum absolute atomic E-state index is 5.33. The minimum atomic E-state index is 0.867. The van der Waals surface area contributed by atoms with Gasteiger partial charge >= 0.3 is 0 Å². The van der Waals surface area contributed by atoms with Gasteiger partial charge in [0.15, 0.2) is 0 Å². The zero-order valence-corrected chi connectivity index (χ0v) is 13.9. The molecular formula is C19H22N4O. The van der Waals surface area contributed by atoms with E-state index in [0.29, 0.717) is 0 Å². The number of allylic oxidation sites excluding steroid dienone is 1. The molecule has 0 amide bonds. The molecule has 1 fully saturated rings. The molecule has 1 aromatic heterocycles. The summed E-state index contributed by atoms with van der Waals surface area (Å²) in [5.74, 6) is 1.91. The van der Waals surface area contributed by atoms with E-state index in [-0.39, 0.29) is 0 Å². The van der Waals surface area contributed by atoms with Crippen molar-refractivity contribution in [3.05, 3.63) is 60.3 Å². The van der Waals surface area contributed by atoms with Crippen LogP contribution >= 0.6 is 0 Å². The molecule has 1 aliphatic rings. The molecule has 0 saturated carbocycles. The Kier molecular flexibility index (Phi) is 5.45. The Morgan fingerprint density at radius 1 is 1.04 bits per heavy atom. The van der Waals surface area contributed by atoms with Gasteiger partial charge in [0.2, 0.25) is 0 Å². The topological polar surface area (TPSA) is 41.0 Å². The molecule has 0 unspecified atom stereocenters. The quantitative estimate of drug-likeness (QED) is 0.794. The molecule has 124 valence electrons. The molecule has 2 heterocycles. The highest BCUT2D eigenvalue weighted by atomic mass is 16.5.